The Morgan fingerprint density at radius 3 is 2.52 bits per heavy atom. The van der Waals surface area contributed by atoms with Crippen LogP contribution in [0.15, 0.2) is 24.3 Å². The minimum Gasteiger partial charge on any atom is -0.365 e. The fourth-order valence-electron chi connectivity index (χ4n) is 1.98. The minimum absolute atomic E-state index is 0.0218. The van der Waals surface area contributed by atoms with Crippen molar-refractivity contribution in [3.63, 3.8) is 0 Å². The lowest BCUT2D eigenvalue weighted by molar-refractivity contribution is 0.0994. The van der Waals surface area contributed by atoms with Crippen LogP contribution in [0.25, 0.3) is 11.3 Å². The highest BCUT2D eigenvalue weighted by atomic mass is 35.5. The molecule has 3 amide bonds. The van der Waals surface area contributed by atoms with Gasteiger partial charge in [-0.3, -0.25) is 14.9 Å². The number of benzene rings is 1. The molecule has 2 aromatic rings. The molecule has 0 spiro atoms. The first-order valence-corrected chi connectivity index (χ1v) is 6.15. The second-order valence-corrected chi connectivity index (χ2v) is 4.58. The van der Waals surface area contributed by atoms with Gasteiger partial charge in [0.2, 0.25) is 0 Å². The number of aldehydes is 1. The summed E-state index contributed by atoms with van der Waals surface area (Å²) in [5, 5.41) is 2.67. The normalized spacial score (nSPS) is 10.1. The van der Waals surface area contributed by atoms with E-state index in [1.165, 1.54) is 0 Å². The Morgan fingerprint density at radius 2 is 2.00 bits per heavy atom. The molecule has 1 aromatic heterocycles. The molecule has 2 rings (SSSR count). The molecule has 7 nitrogen and oxygen atoms in total. The third-order valence-corrected chi connectivity index (χ3v) is 3.00. The maximum absolute atomic E-state index is 11.5. The van der Waals surface area contributed by atoms with E-state index in [-0.39, 0.29) is 16.9 Å². The lowest BCUT2D eigenvalue weighted by Crippen LogP contribution is -2.22. The van der Waals surface area contributed by atoms with Crippen molar-refractivity contribution in [1.29, 1.82) is 0 Å². The molecule has 1 heterocycles. The van der Waals surface area contributed by atoms with Gasteiger partial charge in [0.15, 0.2) is 6.29 Å². The zero-order valence-electron chi connectivity index (χ0n) is 10.6. The van der Waals surface area contributed by atoms with Crippen molar-refractivity contribution in [3.8, 4) is 11.3 Å². The average molecular weight is 307 g/mol. The monoisotopic (exact) mass is 306 g/mol. The van der Waals surface area contributed by atoms with Crippen LogP contribution in [-0.2, 0) is 0 Å². The van der Waals surface area contributed by atoms with Crippen molar-refractivity contribution in [2.45, 2.75) is 0 Å². The summed E-state index contributed by atoms with van der Waals surface area (Å²) in [4.78, 5) is 36.6. The molecular weight excluding hydrogens is 296 g/mol. The highest BCUT2D eigenvalue weighted by Gasteiger charge is 2.23. The third kappa shape index (κ3) is 2.87. The Kier molecular flexibility index (Phi) is 3.95. The summed E-state index contributed by atoms with van der Waals surface area (Å²) in [7, 11) is 0. The molecule has 0 bridgehead atoms. The van der Waals surface area contributed by atoms with Crippen molar-refractivity contribution in [2.24, 2.45) is 11.5 Å². The molecule has 1 aromatic carbocycles. The Labute approximate surface area is 124 Å². The van der Waals surface area contributed by atoms with Crippen molar-refractivity contribution >= 4 is 35.6 Å². The summed E-state index contributed by atoms with van der Waals surface area (Å²) in [6.45, 7) is 0. The molecule has 0 aliphatic rings. The first kappa shape index (κ1) is 14.6. The summed E-state index contributed by atoms with van der Waals surface area (Å²) in [6.07, 6.45) is 0.471. The van der Waals surface area contributed by atoms with Gasteiger partial charge in [0.1, 0.15) is 5.82 Å². The number of H-pyrrole nitrogens is 1. The number of hydrogen-bond donors (Lipinski definition) is 4. The van der Waals surface area contributed by atoms with E-state index < -0.39 is 11.9 Å². The van der Waals surface area contributed by atoms with E-state index in [1.807, 2.05) is 0 Å². The fraction of sp³-hybridized carbons (Fsp3) is 0. The summed E-state index contributed by atoms with van der Waals surface area (Å²) >= 11 is 5.90. The molecule has 0 atom stereocenters. The largest absolute Gasteiger partial charge is 0.365 e. The standard InChI is InChI=1S/C13H11ClN4O3/c14-7-3-1-2-6(4-7)10-8(5-19)9(11(15)20)12(17-10)18-13(16)21/h1-5,17H,(H2,15,20)(H3,16,18,21). The molecule has 0 aliphatic heterocycles. The van der Waals surface area contributed by atoms with Crippen LogP contribution in [0.1, 0.15) is 20.7 Å². The predicted molar refractivity (Wildman–Crippen MR) is 78.4 cm³/mol. The van der Waals surface area contributed by atoms with Crippen LogP contribution >= 0.6 is 11.6 Å². The summed E-state index contributed by atoms with van der Waals surface area (Å²) in [5.41, 5.74) is 11.0. The van der Waals surface area contributed by atoms with E-state index in [1.54, 1.807) is 24.3 Å². The van der Waals surface area contributed by atoms with E-state index in [0.717, 1.165) is 0 Å². The molecular formula is C13H11ClN4O3. The van der Waals surface area contributed by atoms with Gasteiger partial charge in [-0.1, -0.05) is 23.7 Å². The van der Waals surface area contributed by atoms with Crippen molar-refractivity contribution < 1.29 is 14.4 Å². The maximum Gasteiger partial charge on any atom is 0.317 e. The molecule has 108 valence electrons. The van der Waals surface area contributed by atoms with Crippen molar-refractivity contribution in [1.82, 2.24) is 4.98 Å². The number of hydrogen-bond acceptors (Lipinski definition) is 3. The Morgan fingerprint density at radius 1 is 1.29 bits per heavy atom. The van der Waals surface area contributed by atoms with Gasteiger partial charge in [-0.2, -0.15) is 0 Å². The number of amides is 3. The van der Waals surface area contributed by atoms with Gasteiger partial charge in [-0.05, 0) is 12.1 Å². The zero-order valence-corrected chi connectivity index (χ0v) is 11.4. The van der Waals surface area contributed by atoms with Crippen LogP contribution in [-0.4, -0.2) is 23.2 Å². The van der Waals surface area contributed by atoms with Gasteiger partial charge >= 0.3 is 6.03 Å². The average Bonchev–Trinajstić information content (AvgIpc) is 2.76. The smallest absolute Gasteiger partial charge is 0.317 e. The molecule has 6 N–H and O–H groups in total. The van der Waals surface area contributed by atoms with E-state index in [2.05, 4.69) is 10.3 Å². The molecule has 8 heteroatoms. The number of nitrogens with one attached hydrogen (secondary N) is 2. The number of nitrogens with two attached hydrogens (primary N) is 2. The van der Waals surface area contributed by atoms with Crippen molar-refractivity contribution in [2.75, 3.05) is 5.32 Å². The quantitative estimate of drug-likeness (QED) is 0.641. The van der Waals surface area contributed by atoms with Crippen LogP contribution in [0.4, 0.5) is 10.6 Å². The second kappa shape index (κ2) is 5.68. The van der Waals surface area contributed by atoms with Crippen LogP contribution in [0.3, 0.4) is 0 Å². The van der Waals surface area contributed by atoms with E-state index >= 15 is 0 Å². The number of anilines is 1. The van der Waals surface area contributed by atoms with Crippen LogP contribution < -0.4 is 16.8 Å². The number of aromatic amines is 1. The van der Waals surface area contributed by atoms with Crippen LogP contribution in [0.5, 0.6) is 0 Å². The lowest BCUT2D eigenvalue weighted by Gasteiger charge is -2.00. The van der Waals surface area contributed by atoms with Crippen LogP contribution in [0.2, 0.25) is 5.02 Å². The lowest BCUT2D eigenvalue weighted by atomic mass is 10.1. The maximum atomic E-state index is 11.5. The highest BCUT2D eigenvalue weighted by Crippen LogP contribution is 2.31. The molecule has 21 heavy (non-hydrogen) atoms. The minimum atomic E-state index is -0.895. The topological polar surface area (TPSA) is 131 Å². The Bertz CT molecular complexity index is 739. The van der Waals surface area contributed by atoms with Gasteiger partial charge in [-0.25, -0.2) is 4.79 Å². The zero-order chi connectivity index (χ0) is 15.6. The summed E-state index contributed by atoms with van der Waals surface area (Å²) < 4.78 is 0. The van der Waals surface area contributed by atoms with Crippen LogP contribution in [0, 0.1) is 0 Å². The fourth-order valence-corrected chi connectivity index (χ4v) is 2.17. The predicted octanol–water partition coefficient (Wildman–Crippen LogP) is 1.74. The van der Waals surface area contributed by atoms with E-state index in [9.17, 15) is 14.4 Å². The highest BCUT2D eigenvalue weighted by molar-refractivity contribution is 6.30. The molecule has 0 saturated heterocycles. The van der Waals surface area contributed by atoms with Gasteiger partial charge in [0.05, 0.1) is 16.8 Å². The molecule has 0 saturated carbocycles. The number of primary amides is 2. The van der Waals surface area contributed by atoms with E-state index in [0.29, 0.717) is 22.6 Å². The Hall–Kier alpha value is -2.80. The number of rotatable bonds is 4. The number of carbonyl (C=O) groups is 3. The summed E-state index contributed by atoms with van der Waals surface area (Å²) in [6, 6.07) is 5.72. The molecule has 0 fully saturated rings. The SMILES string of the molecule is NC(=O)Nc1[nH]c(-c2cccc(Cl)c2)c(C=O)c1C(N)=O. The molecule has 0 aliphatic carbocycles. The van der Waals surface area contributed by atoms with Crippen molar-refractivity contribution in [3.05, 3.63) is 40.4 Å². The second-order valence-electron chi connectivity index (χ2n) is 4.15. The summed E-state index contributed by atoms with van der Waals surface area (Å²) in [5.74, 6) is -0.905. The first-order chi connectivity index (χ1) is 9.93. The van der Waals surface area contributed by atoms with Gasteiger partial charge < -0.3 is 16.5 Å². The number of urea groups is 1. The van der Waals surface area contributed by atoms with E-state index in [4.69, 9.17) is 23.1 Å². The van der Waals surface area contributed by atoms with Gasteiger partial charge in [0.25, 0.3) is 5.91 Å². The van der Waals surface area contributed by atoms with Gasteiger partial charge in [0, 0.05) is 10.6 Å². The van der Waals surface area contributed by atoms with Gasteiger partial charge in [-0.15, -0.1) is 0 Å². The number of carbonyl (C=O) groups excluding carboxylic acids is 3. The molecule has 0 unspecified atom stereocenters. The Balaban J connectivity index is 2.69. The number of halogens is 1. The number of aromatic nitrogens is 1. The third-order valence-electron chi connectivity index (χ3n) is 2.76. The first-order valence-electron chi connectivity index (χ1n) is 5.77. The molecule has 0 radical (unpaired) electrons.